The molecule has 0 fully saturated rings. The first-order chi connectivity index (χ1) is 12.0. The Balaban J connectivity index is 2.62. The average molecular weight is 363 g/mol. The predicted molar refractivity (Wildman–Crippen MR) is 103 cm³/mol. The number of aliphatic hydroxyl groups is 1. The first-order valence-corrected chi connectivity index (χ1v) is 9.27. The highest BCUT2D eigenvalue weighted by Gasteiger charge is 2.24. The minimum absolute atomic E-state index is 0.119. The van der Waals surface area contributed by atoms with Gasteiger partial charge >= 0.3 is 0 Å². The molecule has 25 heavy (non-hydrogen) atoms. The van der Waals surface area contributed by atoms with Crippen molar-refractivity contribution >= 4 is 17.5 Å². The maximum atomic E-state index is 12.2. The first kappa shape index (κ1) is 19.5. The summed E-state index contributed by atoms with van der Waals surface area (Å²) in [4.78, 5) is 12.2. The van der Waals surface area contributed by atoms with Gasteiger partial charge in [-0.15, -0.1) is 0 Å². The van der Waals surface area contributed by atoms with E-state index in [1.54, 1.807) is 0 Å². The number of carbonyl (C=O) groups excluding carboxylic acids is 1. The smallest absolute Gasteiger partial charge is 0.251 e. The summed E-state index contributed by atoms with van der Waals surface area (Å²) in [7, 11) is 0. The molecule has 0 atom stereocenters. The standard InChI is InChI=1S/C20H27ClN2O2/c1-3-4-5-7-17-19(15-8-10-16(21)11-9-15)18(20(22)25)14(2)23(17)12-6-13-24/h8-11,24H,3-7,12-13H2,1-2H3,(H2,22,25). The molecule has 0 saturated heterocycles. The second-order valence-electron chi connectivity index (χ2n) is 6.34. The van der Waals surface area contributed by atoms with Gasteiger partial charge in [0.2, 0.25) is 0 Å². The summed E-state index contributed by atoms with van der Waals surface area (Å²) in [6.07, 6.45) is 4.85. The second kappa shape index (κ2) is 9.07. The van der Waals surface area contributed by atoms with E-state index in [0.29, 0.717) is 23.6 Å². The summed E-state index contributed by atoms with van der Waals surface area (Å²) in [5.41, 5.74) is 10.2. The van der Waals surface area contributed by atoms with Gasteiger partial charge in [-0.1, -0.05) is 43.5 Å². The lowest BCUT2D eigenvalue weighted by molar-refractivity contribution is 0.1000. The van der Waals surface area contributed by atoms with Crippen molar-refractivity contribution in [1.82, 2.24) is 4.57 Å². The van der Waals surface area contributed by atoms with Crippen LogP contribution in [0.2, 0.25) is 5.02 Å². The van der Waals surface area contributed by atoms with Crippen LogP contribution in [0.15, 0.2) is 24.3 Å². The number of rotatable bonds is 9. The molecule has 1 aromatic heterocycles. The van der Waals surface area contributed by atoms with Crippen LogP contribution in [0.1, 0.15) is 54.4 Å². The number of amides is 1. The second-order valence-corrected chi connectivity index (χ2v) is 6.78. The van der Waals surface area contributed by atoms with Crippen molar-refractivity contribution in [1.29, 1.82) is 0 Å². The van der Waals surface area contributed by atoms with E-state index in [2.05, 4.69) is 11.5 Å². The van der Waals surface area contributed by atoms with E-state index in [-0.39, 0.29) is 6.61 Å². The van der Waals surface area contributed by atoms with Crippen molar-refractivity contribution in [2.24, 2.45) is 5.73 Å². The molecule has 1 heterocycles. The summed E-state index contributed by atoms with van der Waals surface area (Å²) in [6, 6.07) is 7.53. The monoisotopic (exact) mass is 362 g/mol. The van der Waals surface area contributed by atoms with Gasteiger partial charge in [-0.05, 0) is 43.9 Å². The van der Waals surface area contributed by atoms with E-state index in [4.69, 9.17) is 17.3 Å². The molecule has 1 amide bonds. The van der Waals surface area contributed by atoms with Crippen LogP contribution in [0.4, 0.5) is 0 Å². The van der Waals surface area contributed by atoms with Crippen molar-refractivity contribution in [2.45, 2.75) is 52.5 Å². The Morgan fingerprint density at radius 3 is 2.44 bits per heavy atom. The number of hydrogen-bond acceptors (Lipinski definition) is 2. The van der Waals surface area contributed by atoms with Crippen LogP contribution in [0, 0.1) is 6.92 Å². The van der Waals surface area contributed by atoms with Gasteiger partial charge in [-0.2, -0.15) is 0 Å². The van der Waals surface area contributed by atoms with E-state index < -0.39 is 5.91 Å². The van der Waals surface area contributed by atoms with Crippen LogP contribution in [0.5, 0.6) is 0 Å². The quantitative estimate of drug-likeness (QED) is 0.652. The zero-order valence-corrected chi connectivity index (χ0v) is 15.8. The molecular formula is C20H27ClN2O2. The molecule has 0 aliphatic rings. The van der Waals surface area contributed by atoms with Crippen molar-refractivity contribution < 1.29 is 9.90 Å². The largest absolute Gasteiger partial charge is 0.396 e. The van der Waals surface area contributed by atoms with Gasteiger partial charge < -0.3 is 15.4 Å². The fourth-order valence-corrected chi connectivity index (χ4v) is 3.49. The van der Waals surface area contributed by atoms with Crippen LogP contribution < -0.4 is 5.73 Å². The molecular weight excluding hydrogens is 336 g/mol. The maximum Gasteiger partial charge on any atom is 0.251 e. The zero-order chi connectivity index (χ0) is 18.4. The number of nitrogens with zero attached hydrogens (tertiary/aromatic N) is 1. The highest BCUT2D eigenvalue weighted by atomic mass is 35.5. The molecule has 2 rings (SSSR count). The van der Waals surface area contributed by atoms with E-state index in [0.717, 1.165) is 48.2 Å². The maximum absolute atomic E-state index is 12.2. The van der Waals surface area contributed by atoms with Crippen LogP contribution in [-0.4, -0.2) is 22.2 Å². The number of halogens is 1. The minimum atomic E-state index is -0.415. The van der Waals surface area contributed by atoms with E-state index in [1.807, 2.05) is 31.2 Å². The Morgan fingerprint density at radius 1 is 1.20 bits per heavy atom. The lowest BCUT2D eigenvalue weighted by Gasteiger charge is -2.13. The Labute approximate surface area is 154 Å². The van der Waals surface area contributed by atoms with Crippen molar-refractivity contribution in [2.75, 3.05) is 6.61 Å². The summed E-state index contributed by atoms with van der Waals surface area (Å²) in [5.74, 6) is -0.415. The third-order valence-electron chi connectivity index (χ3n) is 4.57. The number of nitrogens with two attached hydrogens (primary N) is 1. The van der Waals surface area contributed by atoms with Gasteiger partial charge in [0.05, 0.1) is 5.56 Å². The van der Waals surface area contributed by atoms with E-state index >= 15 is 0 Å². The molecule has 0 bridgehead atoms. The molecule has 5 heteroatoms. The normalized spacial score (nSPS) is 11.0. The number of aromatic nitrogens is 1. The number of unbranched alkanes of at least 4 members (excludes halogenated alkanes) is 2. The van der Waals surface area contributed by atoms with Crippen LogP contribution >= 0.6 is 11.6 Å². The third-order valence-corrected chi connectivity index (χ3v) is 4.82. The predicted octanol–water partition coefficient (Wildman–Crippen LogP) is 4.33. The molecule has 0 aliphatic carbocycles. The van der Waals surface area contributed by atoms with Gasteiger partial charge in [-0.3, -0.25) is 4.79 Å². The molecule has 4 nitrogen and oxygen atoms in total. The Bertz CT molecular complexity index is 720. The summed E-state index contributed by atoms with van der Waals surface area (Å²) in [5, 5.41) is 9.90. The van der Waals surface area contributed by atoms with Gasteiger partial charge in [0.15, 0.2) is 0 Å². The van der Waals surface area contributed by atoms with E-state index in [9.17, 15) is 9.90 Å². The molecule has 0 unspecified atom stereocenters. The molecule has 0 saturated carbocycles. The number of benzene rings is 1. The Morgan fingerprint density at radius 2 is 1.88 bits per heavy atom. The molecule has 0 radical (unpaired) electrons. The minimum Gasteiger partial charge on any atom is -0.396 e. The van der Waals surface area contributed by atoms with Gasteiger partial charge in [-0.25, -0.2) is 0 Å². The molecule has 1 aromatic carbocycles. The average Bonchev–Trinajstić information content (AvgIpc) is 2.86. The molecule has 0 spiro atoms. The van der Waals surface area contributed by atoms with Gasteiger partial charge in [0.25, 0.3) is 5.91 Å². The van der Waals surface area contributed by atoms with Crippen LogP contribution in [0.3, 0.4) is 0 Å². The third kappa shape index (κ3) is 4.44. The molecule has 3 N–H and O–H groups in total. The first-order valence-electron chi connectivity index (χ1n) is 8.89. The number of aliphatic hydroxyl groups excluding tert-OH is 1. The highest BCUT2D eigenvalue weighted by molar-refractivity contribution is 6.30. The van der Waals surface area contributed by atoms with Crippen LogP contribution in [-0.2, 0) is 13.0 Å². The van der Waals surface area contributed by atoms with Crippen LogP contribution in [0.25, 0.3) is 11.1 Å². The van der Waals surface area contributed by atoms with Crippen molar-refractivity contribution in [3.63, 3.8) is 0 Å². The van der Waals surface area contributed by atoms with Gasteiger partial charge in [0.1, 0.15) is 0 Å². The molecule has 2 aromatic rings. The SMILES string of the molecule is CCCCCc1c(-c2ccc(Cl)cc2)c(C(N)=O)c(C)n1CCCO. The van der Waals surface area contributed by atoms with Crippen molar-refractivity contribution in [3.8, 4) is 11.1 Å². The lowest BCUT2D eigenvalue weighted by atomic mass is 9.97. The topological polar surface area (TPSA) is 68.2 Å². The molecule has 136 valence electrons. The van der Waals surface area contributed by atoms with Gasteiger partial charge in [0, 0.05) is 35.1 Å². The summed E-state index contributed by atoms with van der Waals surface area (Å²) < 4.78 is 2.15. The fraction of sp³-hybridized carbons (Fsp3) is 0.450. The lowest BCUT2D eigenvalue weighted by Crippen LogP contribution is -2.13. The Hall–Kier alpha value is -1.78. The fourth-order valence-electron chi connectivity index (χ4n) is 3.36. The summed E-state index contributed by atoms with van der Waals surface area (Å²) >= 11 is 6.02. The van der Waals surface area contributed by atoms with Crippen molar-refractivity contribution in [3.05, 3.63) is 46.2 Å². The number of hydrogen-bond donors (Lipinski definition) is 2. The summed E-state index contributed by atoms with van der Waals surface area (Å²) in [6.45, 7) is 4.90. The number of carbonyl (C=O) groups is 1. The number of primary amides is 1. The highest BCUT2D eigenvalue weighted by Crippen LogP contribution is 2.34. The Kier molecular flexibility index (Phi) is 7.09. The van der Waals surface area contributed by atoms with E-state index in [1.165, 1.54) is 0 Å². The molecule has 0 aliphatic heterocycles. The zero-order valence-electron chi connectivity index (χ0n) is 15.0.